The first-order valence-corrected chi connectivity index (χ1v) is 13.8. The van der Waals surface area contributed by atoms with Gasteiger partial charge in [0.2, 0.25) is 0 Å². The molecule has 4 rings (SSSR count). The van der Waals surface area contributed by atoms with E-state index in [0.29, 0.717) is 25.2 Å². The maximum atomic E-state index is 12.2. The first-order valence-electron chi connectivity index (χ1n) is 13.8. The van der Waals surface area contributed by atoms with Gasteiger partial charge >= 0.3 is 23.9 Å². The maximum Gasteiger partial charge on any atom is 0.303 e. The van der Waals surface area contributed by atoms with Gasteiger partial charge in [-0.2, -0.15) is 0 Å². The van der Waals surface area contributed by atoms with Crippen molar-refractivity contribution in [1.29, 1.82) is 0 Å². The maximum absolute atomic E-state index is 12.2. The van der Waals surface area contributed by atoms with Crippen molar-refractivity contribution >= 4 is 23.9 Å². The molecule has 226 valence electrons. The summed E-state index contributed by atoms with van der Waals surface area (Å²) in [5, 5.41) is 0. The van der Waals surface area contributed by atoms with Crippen molar-refractivity contribution in [3.8, 4) is 5.75 Å². The number of ether oxygens (including phenoxy) is 7. The van der Waals surface area contributed by atoms with Gasteiger partial charge in [-0.15, -0.1) is 0 Å². The quantitative estimate of drug-likeness (QED) is 0.301. The molecule has 11 heteroatoms. The Balaban J connectivity index is 1.61. The van der Waals surface area contributed by atoms with Gasteiger partial charge in [0.15, 0.2) is 18.3 Å². The monoisotopic (exact) mass is 584 g/mol. The van der Waals surface area contributed by atoms with Crippen molar-refractivity contribution in [1.82, 2.24) is 0 Å². The molecule has 0 aromatic heterocycles. The van der Waals surface area contributed by atoms with Gasteiger partial charge in [0.25, 0.3) is 0 Å². The summed E-state index contributed by atoms with van der Waals surface area (Å²) in [5.41, 5.74) is 2.62. The average Bonchev–Trinajstić information content (AvgIpc) is 3.43. The van der Waals surface area contributed by atoms with Crippen LogP contribution in [0.5, 0.6) is 5.75 Å². The van der Waals surface area contributed by atoms with Crippen LogP contribution in [0.4, 0.5) is 0 Å². The average molecular weight is 585 g/mol. The summed E-state index contributed by atoms with van der Waals surface area (Å²) < 4.78 is 39.4. The van der Waals surface area contributed by atoms with Gasteiger partial charge in [-0.3, -0.25) is 19.2 Å². The van der Waals surface area contributed by atoms with Crippen molar-refractivity contribution < 1.29 is 52.3 Å². The number of carbonyl (C=O) groups excluding carboxylic acids is 4. The molecule has 2 aliphatic heterocycles. The second-order valence-corrected chi connectivity index (χ2v) is 10.3. The molecule has 0 unspecified atom stereocenters. The molecule has 2 fully saturated rings. The molecule has 0 bridgehead atoms. The highest BCUT2D eigenvalue weighted by Gasteiger charge is 2.52. The molecule has 2 aliphatic rings. The zero-order chi connectivity index (χ0) is 30.2. The van der Waals surface area contributed by atoms with Crippen molar-refractivity contribution in [2.75, 3.05) is 19.8 Å². The summed E-state index contributed by atoms with van der Waals surface area (Å²) in [5.74, 6) is -1.79. The van der Waals surface area contributed by atoms with Crippen LogP contribution in [0.25, 0.3) is 0 Å². The molecule has 0 N–H and O–H groups in total. The van der Waals surface area contributed by atoms with Crippen LogP contribution in [-0.2, 0) is 54.0 Å². The van der Waals surface area contributed by atoms with E-state index < -0.39 is 54.4 Å². The van der Waals surface area contributed by atoms with Crippen molar-refractivity contribution in [2.45, 2.75) is 77.2 Å². The SMILES string of the molecule is CC(=O)OC[C@H]1O[C@@H](c2cccc(Cc3ccc(O[C@H]4CCOC4)cc3)c2)[C@H](OC(C)=O)[C@@H](OC(C)=O)[C@@H]1OC(C)=O. The smallest absolute Gasteiger partial charge is 0.303 e. The second-order valence-electron chi connectivity index (χ2n) is 10.3. The Morgan fingerprint density at radius 2 is 1.45 bits per heavy atom. The predicted molar refractivity (Wildman–Crippen MR) is 146 cm³/mol. The predicted octanol–water partition coefficient (Wildman–Crippen LogP) is 3.24. The normalized spacial score (nSPS) is 25.2. The third kappa shape index (κ3) is 8.53. The van der Waals surface area contributed by atoms with Gasteiger partial charge in [0.05, 0.1) is 13.2 Å². The van der Waals surface area contributed by atoms with Crippen molar-refractivity contribution in [3.05, 3.63) is 65.2 Å². The Kier molecular flexibility index (Phi) is 10.5. The second kappa shape index (κ2) is 14.3. The Morgan fingerprint density at radius 3 is 2.07 bits per heavy atom. The lowest BCUT2D eigenvalue weighted by Crippen LogP contribution is -2.59. The summed E-state index contributed by atoms with van der Waals surface area (Å²) in [6, 6.07) is 15.3. The van der Waals surface area contributed by atoms with Crippen LogP contribution in [0.1, 0.15) is 56.9 Å². The van der Waals surface area contributed by atoms with E-state index in [0.717, 1.165) is 23.3 Å². The molecule has 2 saturated heterocycles. The van der Waals surface area contributed by atoms with Crippen LogP contribution in [0.2, 0.25) is 0 Å². The minimum Gasteiger partial charge on any atom is -0.488 e. The molecular formula is C31H36O11. The zero-order valence-electron chi connectivity index (χ0n) is 24.1. The highest BCUT2D eigenvalue weighted by Crippen LogP contribution is 2.38. The highest BCUT2D eigenvalue weighted by molar-refractivity contribution is 5.69. The third-order valence-corrected chi connectivity index (χ3v) is 6.79. The Morgan fingerprint density at radius 1 is 0.786 bits per heavy atom. The van der Waals surface area contributed by atoms with Gasteiger partial charge in [-0.25, -0.2) is 0 Å². The lowest BCUT2D eigenvalue weighted by atomic mass is 9.89. The van der Waals surface area contributed by atoms with Crippen LogP contribution >= 0.6 is 0 Å². The van der Waals surface area contributed by atoms with Crippen LogP contribution in [-0.4, -0.2) is 74.2 Å². The molecule has 0 saturated carbocycles. The Labute approximate surface area is 244 Å². The summed E-state index contributed by atoms with van der Waals surface area (Å²) in [6.07, 6.45) is -4.01. The van der Waals surface area contributed by atoms with Crippen LogP contribution in [0.15, 0.2) is 48.5 Å². The Hall–Kier alpha value is -3.96. The van der Waals surface area contributed by atoms with E-state index in [9.17, 15) is 19.2 Å². The zero-order valence-corrected chi connectivity index (χ0v) is 24.1. The van der Waals surface area contributed by atoms with E-state index in [1.807, 2.05) is 42.5 Å². The fourth-order valence-electron chi connectivity index (χ4n) is 5.10. The molecule has 2 aromatic carbocycles. The standard InChI is InChI=1S/C31H36O11/c1-18(32)37-17-27-29(38-19(2)33)31(40-21(4)35)30(39-20(3)34)28(42-27)24-7-5-6-23(15-24)14-22-8-10-25(11-9-22)41-26-12-13-36-16-26/h5-11,15,26-31H,12-14,16-17H2,1-4H3/t26-,27+,28-,29+,30-,31-/m0/s1. The van der Waals surface area contributed by atoms with Crippen molar-refractivity contribution in [2.24, 2.45) is 0 Å². The molecule has 0 radical (unpaired) electrons. The number of hydrogen-bond acceptors (Lipinski definition) is 11. The number of carbonyl (C=O) groups is 4. The van der Waals surface area contributed by atoms with Crippen LogP contribution in [0, 0.1) is 0 Å². The van der Waals surface area contributed by atoms with Crippen LogP contribution < -0.4 is 4.74 Å². The molecule has 11 nitrogen and oxygen atoms in total. The molecule has 2 aromatic rings. The number of rotatable bonds is 10. The number of benzene rings is 2. The summed E-state index contributed by atoms with van der Waals surface area (Å²) >= 11 is 0. The third-order valence-electron chi connectivity index (χ3n) is 6.79. The van der Waals surface area contributed by atoms with Crippen LogP contribution in [0.3, 0.4) is 0 Å². The van der Waals surface area contributed by atoms with Gasteiger partial charge < -0.3 is 33.2 Å². The first-order chi connectivity index (χ1) is 20.1. The topological polar surface area (TPSA) is 133 Å². The number of hydrogen-bond donors (Lipinski definition) is 0. The number of esters is 4. The minimum atomic E-state index is -1.23. The van der Waals surface area contributed by atoms with E-state index in [4.69, 9.17) is 33.2 Å². The highest BCUT2D eigenvalue weighted by atomic mass is 16.7. The first kappa shape index (κ1) is 31.0. The van der Waals surface area contributed by atoms with Gasteiger partial charge in [-0.05, 0) is 35.2 Å². The fourth-order valence-corrected chi connectivity index (χ4v) is 5.10. The lowest BCUT2D eigenvalue weighted by molar-refractivity contribution is -0.254. The molecule has 2 heterocycles. The molecule has 6 atom stereocenters. The Bertz CT molecular complexity index is 1250. The van der Waals surface area contributed by atoms with E-state index in [2.05, 4.69) is 0 Å². The van der Waals surface area contributed by atoms with E-state index in [1.165, 1.54) is 27.7 Å². The minimum absolute atomic E-state index is 0.0640. The van der Waals surface area contributed by atoms with Gasteiger partial charge in [0.1, 0.15) is 30.7 Å². The van der Waals surface area contributed by atoms with Gasteiger partial charge in [-0.1, -0.05) is 36.4 Å². The van der Waals surface area contributed by atoms with Gasteiger partial charge in [0, 0.05) is 34.1 Å². The van der Waals surface area contributed by atoms with E-state index in [-0.39, 0.29) is 12.7 Å². The van der Waals surface area contributed by atoms with E-state index in [1.54, 1.807) is 6.07 Å². The molecule has 0 spiro atoms. The fraction of sp³-hybridized carbons (Fsp3) is 0.484. The summed E-state index contributed by atoms with van der Waals surface area (Å²) in [7, 11) is 0. The van der Waals surface area contributed by atoms with Crippen molar-refractivity contribution in [3.63, 3.8) is 0 Å². The molecule has 0 aliphatic carbocycles. The van der Waals surface area contributed by atoms with E-state index >= 15 is 0 Å². The lowest BCUT2D eigenvalue weighted by Gasteiger charge is -2.44. The summed E-state index contributed by atoms with van der Waals surface area (Å²) in [6.45, 7) is 5.85. The molecule has 42 heavy (non-hydrogen) atoms. The summed E-state index contributed by atoms with van der Waals surface area (Å²) in [4.78, 5) is 47.9. The molecular weight excluding hydrogens is 548 g/mol. The molecule has 0 amide bonds. The largest absolute Gasteiger partial charge is 0.488 e.